The predicted molar refractivity (Wildman–Crippen MR) is 80.0 cm³/mol. The molecule has 1 aromatic heterocycles. The van der Waals surface area contributed by atoms with Gasteiger partial charge in [-0.05, 0) is 37.3 Å². The molecule has 0 aromatic carbocycles. The minimum Gasteiger partial charge on any atom is -0.492 e. The highest BCUT2D eigenvalue weighted by Crippen LogP contribution is 2.20. The molecule has 1 atom stereocenters. The number of unbranched alkanes of at least 4 members (excludes halogenated alkanes) is 1. The van der Waals surface area contributed by atoms with Crippen LogP contribution >= 0.6 is 0 Å². The smallest absolute Gasteiger partial charge is 0.305 e. The number of aliphatic hydroxyl groups is 1. The fourth-order valence-electron chi connectivity index (χ4n) is 2.18. The lowest BCUT2D eigenvalue weighted by atomic mass is 9.94. The Bertz CT molecular complexity index is 383. The maximum absolute atomic E-state index is 11.2. The molecule has 0 saturated heterocycles. The van der Waals surface area contributed by atoms with Crippen molar-refractivity contribution in [3.8, 4) is 5.75 Å². The van der Waals surface area contributed by atoms with Gasteiger partial charge in [-0.3, -0.25) is 9.78 Å². The summed E-state index contributed by atoms with van der Waals surface area (Å²) < 4.78 is 10.3. The summed E-state index contributed by atoms with van der Waals surface area (Å²) in [6, 6.07) is 3.72. The van der Waals surface area contributed by atoms with E-state index >= 15 is 0 Å². The lowest BCUT2D eigenvalue weighted by Gasteiger charge is -2.16. The topological polar surface area (TPSA) is 68.7 Å². The van der Waals surface area contributed by atoms with Crippen LogP contribution in [-0.2, 0) is 9.53 Å². The van der Waals surface area contributed by atoms with E-state index in [1.165, 1.54) is 7.11 Å². The van der Waals surface area contributed by atoms with Crippen LogP contribution in [0.5, 0.6) is 5.75 Å². The van der Waals surface area contributed by atoms with E-state index in [2.05, 4.69) is 9.72 Å². The Morgan fingerprint density at radius 2 is 2.19 bits per heavy atom. The number of aliphatic hydroxyl groups excluding tert-OH is 1. The van der Waals surface area contributed by atoms with E-state index in [0.717, 1.165) is 37.9 Å². The van der Waals surface area contributed by atoms with Crippen molar-refractivity contribution in [2.75, 3.05) is 20.3 Å². The molecule has 5 nitrogen and oxygen atoms in total. The van der Waals surface area contributed by atoms with Crippen LogP contribution in [0.15, 0.2) is 24.5 Å². The number of carbonyl (C=O) groups is 1. The molecule has 0 aliphatic carbocycles. The standard InChI is InChI=1S/C16H25NO4/c1-20-16(19)8-7-14(5-2-3-11-18)9-12-21-15-6-4-10-17-13-15/h4,6,10,13-14,18H,2-3,5,7-9,11-12H2,1H3. The zero-order valence-electron chi connectivity index (χ0n) is 12.7. The van der Waals surface area contributed by atoms with Crippen molar-refractivity contribution < 1.29 is 19.4 Å². The van der Waals surface area contributed by atoms with Crippen LogP contribution in [0.2, 0.25) is 0 Å². The Labute approximate surface area is 126 Å². The number of esters is 1. The molecule has 5 heteroatoms. The number of rotatable bonds is 11. The molecule has 1 aromatic rings. The Hall–Kier alpha value is -1.62. The van der Waals surface area contributed by atoms with Crippen molar-refractivity contribution in [2.45, 2.75) is 38.5 Å². The predicted octanol–water partition coefficient (Wildman–Crippen LogP) is 2.58. The molecule has 1 heterocycles. The number of hydrogen-bond acceptors (Lipinski definition) is 5. The minimum atomic E-state index is -0.171. The highest BCUT2D eigenvalue weighted by molar-refractivity contribution is 5.69. The first-order chi connectivity index (χ1) is 10.3. The van der Waals surface area contributed by atoms with E-state index in [4.69, 9.17) is 9.84 Å². The molecule has 0 amide bonds. The van der Waals surface area contributed by atoms with Gasteiger partial charge in [-0.25, -0.2) is 0 Å². The van der Waals surface area contributed by atoms with Crippen LogP contribution in [0, 0.1) is 5.92 Å². The summed E-state index contributed by atoms with van der Waals surface area (Å²) in [5, 5.41) is 8.85. The molecular formula is C16H25NO4. The number of ether oxygens (including phenoxy) is 2. The third-order valence-corrected chi connectivity index (χ3v) is 3.43. The van der Waals surface area contributed by atoms with Gasteiger partial charge in [0.1, 0.15) is 5.75 Å². The van der Waals surface area contributed by atoms with Crippen LogP contribution in [-0.4, -0.2) is 36.4 Å². The van der Waals surface area contributed by atoms with Gasteiger partial charge in [0.05, 0.1) is 19.9 Å². The molecular weight excluding hydrogens is 270 g/mol. The fourth-order valence-corrected chi connectivity index (χ4v) is 2.18. The molecule has 0 aliphatic heterocycles. The molecule has 21 heavy (non-hydrogen) atoms. The van der Waals surface area contributed by atoms with Crippen LogP contribution in [0.25, 0.3) is 0 Å². The molecule has 1 N–H and O–H groups in total. The van der Waals surface area contributed by atoms with Crippen LogP contribution < -0.4 is 4.74 Å². The van der Waals surface area contributed by atoms with E-state index in [-0.39, 0.29) is 12.6 Å². The van der Waals surface area contributed by atoms with E-state index in [1.54, 1.807) is 12.4 Å². The van der Waals surface area contributed by atoms with Crippen molar-refractivity contribution in [3.63, 3.8) is 0 Å². The fraction of sp³-hybridized carbons (Fsp3) is 0.625. The van der Waals surface area contributed by atoms with Gasteiger partial charge in [0.15, 0.2) is 0 Å². The second kappa shape index (κ2) is 11.1. The van der Waals surface area contributed by atoms with Crippen molar-refractivity contribution >= 4 is 5.97 Å². The summed E-state index contributed by atoms with van der Waals surface area (Å²) in [4.78, 5) is 15.2. The summed E-state index contributed by atoms with van der Waals surface area (Å²) in [6.07, 6.45) is 8.29. The molecule has 0 fully saturated rings. The lowest BCUT2D eigenvalue weighted by Crippen LogP contribution is -2.11. The zero-order valence-corrected chi connectivity index (χ0v) is 12.7. The first-order valence-electron chi connectivity index (χ1n) is 7.46. The monoisotopic (exact) mass is 295 g/mol. The third-order valence-electron chi connectivity index (χ3n) is 3.43. The van der Waals surface area contributed by atoms with Gasteiger partial charge < -0.3 is 14.6 Å². The Kier molecular flexibility index (Phi) is 9.20. The zero-order chi connectivity index (χ0) is 15.3. The number of nitrogens with zero attached hydrogens (tertiary/aromatic N) is 1. The van der Waals surface area contributed by atoms with Crippen molar-refractivity contribution in [2.24, 2.45) is 5.92 Å². The van der Waals surface area contributed by atoms with Crippen molar-refractivity contribution in [1.29, 1.82) is 0 Å². The number of pyridine rings is 1. The second-order valence-electron chi connectivity index (χ2n) is 5.03. The van der Waals surface area contributed by atoms with Crippen molar-refractivity contribution in [3.05, 3.63) is 24.5 Å². The minimum absolute atomic E-state index is 0.171. The highest BCUT2D eigenvalue weighted by Gasteiger charge is 2.12. The molecule has 1 unspecified atom stereocenters. The molecule has 0 radical (unpaired) electrons. The Balaban J connectivity index is 2.31. The van der Waals surface area contributed by atoms with Gasteiger partial charge in [0, 0.05) is 19.2 Å². The van der Waals surface area contributed by atoms with Gasteiger partial charge in [0.2, 0.25) is 0 Å². The molecule has 0 spiro atoms. The summed E-state index contributed by atoms with van der Waals surface area (Å²) in [7, 11) is 1.41. The lowest BCUT2D eigenvalue weighted by molar-refractivity contribution is -0.141. The number of methoxy groups -OCH3 is 1. The van der Waals surface area contributed by atoms with E-state index in [1.807, 2.05) is 12.1 Å². The van der Waals surface area contributed by atoms with E-state index in [0.29, 0.717) is 18.9 Å². The van der Waals surface area contributed by atoms with Gasteiger partial charge in [-0.15, -0.1) is 0 Å². The summed E-state index contributed by atoms with van der Waals surface area (Å²) in [6.45, 7) is 0.826. The number of hydrogen-bond donors (Lipinski definition) is 1. The van der Waals surface area contributed by atoms with Crippen molar-refractivity contribution in [1.82, 2.24) is 4.98 Å². The Morgan fingerprint density at radius 1 is 1.33 bits per heavy atom. The normalized spacial score (nSPS) is 11.9. The molecule has 1 rings (SSSR count). The quantitative estimate of drug-likeness (QED) is 0.502. The second-order valence-corrected chi connectivity index (χ2v) is 5.03. The summed E-state index contributed by atoms with van der Waals surface area (Å²) in [5.41, 5.74) is 0. The first kappa shape index (κ1) is 17.4. The summed E-state index contributed by atoms with van der Waals surface area (Å²) in [5.74, 6) is 1.00. The third kappa shape index (κ3) is 8.30. The SMILES string of the molecule is COC(=O)CCC(CCCCO)CCOc1cccnc1. The maximum Gasteiger partial charge on any atom is 0.305 e. The van der Waals surface area contributed by atoms with Gasteiger partial charge in [-0.1, -0.05) is 12.8 Å². The average Bonchev–Trinajstić information content (AvgIpc) is 2.53. The van der Waals surface area contributed by atoms with E-state index in [9.17, 15) is 4.79 Å². The largest absolute Gasteiger partial charge is 0.492 e. The highest BCUT2D eigenvalue weighted by atomic mass is 16.5. The van der Waals surface area contributed by atoms with Gasteiger partial charge >= 0.3 is 5.97 Å². The van der Waals surface area contributed by atoms with E-state index < -0.39 is 0 Å². The average molecular weight is 295 g/mol. The number of carbonyl (C=O) groups excluding carboxylic acids is 1. The number of aromatic nitrogens is 1. The molecule has 0 bridgehead atoms. The molecule has 118 valence electrons. The van der Waals surface area contributed by atoms with Crippen LogP contribution in [0.3, 0.4) is 0 Å². The first-order valence-corrected chi connectivity index (χ1v) is 7.46. The van der Waals surface area contributed by atoms with Gasteiger partial charge in [-0.2, -0.15) is 0 Å². The summed E-state index contributed by atoms with van der Waals surface area (Å²) >= 11 is 0. The Morgan fingerprint density at radius 3 is 2.86 bits per heavy atom. The molecule has 0 saturated carbocycles. The maximum atomic E-state index is 11.2. The van der Waals surface area contributed by atoms with Crippen LogP contribution in [0.1, 0.15) is 38.5 Å². The van der Waals surface area contributed by atoms with Crippen LogP contribution in [0.4, 0.5) is 0 Å². The van der Waals surface area contributed by atoms with Gasteiger partial charge in [0.25, 0.3) is 0 Å². The molecule has 0 aliphatic rings.